The van der Waals surface area contributed by atoms with Crippen molar-refractivity contribution < 1.29 is 8.23 Å². The smallest absolute Gasteiger partial charge is 0.314 e. The topological polar surface area (TPSA) is 30.5 Å². The molecule has 0 amide bonds. The van der Waals surface area contributed by atoms with Gasteiger partial charge in [0.05, 0.1) is 0 Å². The van der Waals surface area contributed by atoms with Crippen LogP contribution < -0.4 is 4.98 Å². The van der Waals surface area contributed by atoms with Crippen LogP contribution in [-0.4, -0.2) is 40.0 Å². The lowest BCUT2D eigenvalue weighted by molar-refractivity contribution is 0.381. The summed E-state index contributed by atoms with van der Waals surface area (Å²) in [4.78, 5) is 3.69. The summed E-state index contributed by atoms with van der Waals surface area (Å²) in [6.07, 6.45) is 1.17. The molecule has 0 aliphatic carbocycles. The molecule has 1 N–H and O–H groups in total. The highest BCUT2D eigenvalue weighted by atomic mass is 28.5. The van der Waals surface area contributed by atoms with E-state index in [1.165, 1.54) is 6.42 Å². The van der Waals surface area contributed by atoms with Crippen molar-refractivity contribution in [3.63, 3.8) is 0 Å². The molecule has 7 heteroatoms. The third kappa shape index (κ3) is 12.5. The molecule has 0 rings (SSSR count). The molecule has 122 valence electrons. The fourth-order valence-corrected chi connectivity index (χ4v) is 15.8. The number of rotatable bonds is 9. The minimum atomic E-state index is -2.02. The largest absolute Gasteiger partial charge is 0.437 e. The number of hydrogen-bond donors (Lipinski definition) is 1. The average molecular weight is 352 g/mol. The summed E-state index contributed by atoms with van der Waals surface area (Å²) >= 11 is 0. The molecule has 0 aliphatic rings. The van der Waals surface area contributed by atoms with Crippen molar-refractivity contribution in [2.24, 2.45) is 0 Å². The second kappa shape index (κ2) is 7.34. The summed E-state index contributed by atoms with van der Waals surface area (Å²) in [5.74, 6) is 0. The molecule has 0 saturated heterocycles. The predicted octanol–water partition coefficient (Wildman–Crippen LogP) is 4.58. The van der Waals surface area contributed by atoms with E-state index in [0.29, 0.717) is 0 Å². The van der Waals surface area contributed by atoms with Gasteiger partial charge in [0.15, 0.2) is 16.6 Å². The van der Waals surface area contributed by atoms with Gasteiger partial charge in [0.25, 0.3) is 0 Å². The van der Waals surface area contributed by atoms with Crippen molar-refractivity contribution in [1.82, 2.24) is 4.98 Å². The Hall–Kier alpha value is 0.748. The fourth-order valence-electron chi connectivity index (χ4n) is 2.29. The maximum atomic E-state index is 6.51. The van der Waals surface area contributed by atoms with E-state index < -0.39 is 33.4 Å². The van der Waals surface area contributed by atoms with Gasteiger partial charge in [-0.3, -0.25) is 0 Å². The van der Waals surface area contributed by atoms with E-state index in [2.05, 4.69) is 70.5 Å². The Morgan fingerprint density at radius 2 is 1.10 bits per heavy atom. The lowest BCUT2D eigenvalue weighted by atomic mass is 10.5. The SMILES string of the molecule is C[Si](C)(C)NCCC[Si](C)(O[Si](C)(C)C)O[Si](C)(C)C. The molecule has 0 fully saturated rings. The minimum Gasteiger partial charge on any atom is -0.437 e. The molecule has 0 spiro atoms. The highest BCUT2D eigenvalue weighted by Crippen LogP contribution is 2.25. The van der Waals surface area contributed by atoms with Crippen LogP contribution in [0.1, 0.15) is 6.42 Å². The zero-order valence-electron chi connectivity index (χ0n) is 15.4. The van der Waals surface area contributed by atoms with Crippen LogP contribution in [0.3, 0.4) is 0 Å². The van der Waals surface area contributed by atoms with Gasteiger partial charge >= 0.3 is 8.56 Å². The Morgan fingerprint density at radius 1 is 0.700 bits per heavy atom. The van der Waals surface area contributed by atoms with Crippen molar-refractivity contribution >= 4 is 33.4 Å². The second-order valence-electron chi connectivity index (χ2n) is 8.84. The average Bonchev–Trinajstić information content (AvgIpc) is 2.04. The Balaban J connectivity index is 4.54. The molecule has 3 nitrogen and oxygen atoms in total. The summed E-state index contributed by atoms with van der Waals surface area (Å²) < 4.78 is 13.0. The maximum Gasteiger partial charge on any atom is 0.314 e. The van der Waals surface area contributed by atoms with Gasteiger partial charge in [-0.1, -0.05) is 19.6 Å². The van der Waals surface area contributed by atoms with Crippen LogP contribution >= 0.6 is 0 Å². The molecule has 0 atom stereocenters. The Morgan fingerprint density at radius 3 is 1.40 bits per heavy atom. The van der Waals surface area contributed by atoms with Crippen molar-refractivity contribution in [2.75, 3.05) is 6.54 Å². The van der Waals surface area contributed by atoms with Crippen LogP contribution in [0.5, 0.6) is 0 Å². The van der Waals surface area contributed by atoms with Gasteiger partial charge in [0.2, 0.25) is 0 Å². The van der Waals surface area contributed by atoms with E-state index in [0.717, 1.165) is 12.6 Å². The molecular weight excluding hydrogens is 314 g/mol. The van der Waals surface area contributed by atoms with E-state index in [1.54, 1.807) is 0 Å². The molecule has 0 saturated carbocycles. The van der Waals surface area contributed by atoms with E-state index in [9.17, 15) is 0 Å². The number of hydrogen-bond acceptors (Lipinski definition) is 3. The second-order valence-corrected chi connectivity index (χ2v) is 26.5. The summed E-state index contributed by atoms with van der Waals surface area (Å²) in [6.45, 7) is 24.0. The van der Waals surface area contributed by atoms with Gasteiger partial charge in [-0.25, -0.2) is 0 Å². The van der Waals surface area contributed by atoms with Crippen LogP contribution in [0.25, 0.3) is 0 Å². The lowest BCUT2D eigenvalue weighted by Crippen LogP contribution is -2.53. The monoisotopic (exact) mass is 351 g/mol. The van der Waals surface area contributed by atoms with Gasteiger partial charge in [-0.15, -0.1) is 0 Å². The van der Waals surface area contributed by atoms with Gasteiger partial charge in [-0.05, 0) is 64.8 Å². The molecule has 20 heavy (non-hydrogen) atoms. The van der Waals surface area contributed by atoms with Crippen LogP contribution in [0.15, 0.2) is 0 Å². The van der Waals surface area contributed by atoms with Crippen molar-refractivity contribution in [2.45, 2.75) is 77.9 Å². The van der Waals surface area contributed by atoms with E-state index >= 15 is 0 Å². The first-order valence-electron chi connectivity index (χ1n) is 7.77. The zero-order valence-corrected chi connectivity index (χ0v) is 19.4. The summed E-state index contributed by atoms with van der Waals surface area (Å²) in [7, 11) is -6.25. The third-order valence-electron chi connectivity index (χ3n) is 2.51. The zero-order chi connectivity index (χ0) is 16.2. The van der Waals surface area contributed by atoms with Crippen LogP contribution in [-0.2, 0) is 8.23 Å². The Bertz CT molecular complexity index is 276. The van der Waals surface area contributed by atoms with Crippen LogP contribution in [0.2, 0.25) is 71.5 Å². The van der Waals surface area contributed by atoms with E-state index in [1.807, 2.05) is 0 Å². The summed E-state index contributed by atoms with van der Waals surface area (Å²) in [5, 5.41) is 0. The molecule has 0 radical (unpaired) electrons. The number of nitrogens with one attached hydrogen (secondary N) is 1. The van der Waals surface area contributed by atoms with Gasteiger partial charge in [-0.2, -0.15) is 0 Å². The van der Waals surface area contributed by atoms with Gasteiger partial charge in [0.1, 0.15) is 8.24 Å². The van der Waals surface area contributed by atoms with Crippen LogP contribution in [0, 0.1) is 0 Å². The highest BCUT2D eigenvalue weighted by molar-refractivity contribution is 6.87. The molecule has 0 unspecified atom stereocenters. The fraction of sp³-hybridized carbons (Fsp3) is 1.00. The van der Waals surface area contributed by atoms with Gasteiger partial charge < -0.3 is 13.2 Å². The van der Waals surface area contributed by atoms with E-state index in [-0.39, 0.29) is 0 Å². The molecule has 0 aromatic rings. The Kier molecular flexibility index (Phi) is 7.62. The first-order valence-corrected chi connectivity index (χ1v) is 20.6. The molecular formula is C13H37NO2Si4. The van der Waals surface area contributed by atoms with Crippen molar-refractivity contribution in [3.05, 3.63) is 0 Å². The van der Waals surface area contributed by atoms with E-state index in [4.69, 9.17) is 8.23 Å². The molecule has 0 heterocycles. The lowest BCUT2D eigenvalue weighted by Gasteiger charge is -2.38. The molecule has 0 aromatic heterocycles. The quantitative estimate of drug-likeness (QED) is 0.487. The first kappa shape index (κ1) is 20.7. The van der Waals surface area contributed by atoms with Crippen molar-refractivity contribution in [1.29, 1.82) is 0 Å². The van der Waals surface area contributed by atoms with Crippen molar-refractivity contribution in [3.8, 4) is 0 Å². The maximum absolute atomic E-state index is 6.51. The third-order valence-corrected chi connectivity index (χ3v) is 13.4. The minimum absolute atomic E-state index is 1.10. The van der Waals surface area contributed by atoms with Gasteiger partial charge in [0, 0.05) is 0 Å². The normalized spacial score (nSPS) is 14.7. The summed E-state index contributed by atoms with van der Waals surface area (Å²) in [6, 6.07) is 1.11. The Labute approximate surface area is 131 Å². The molecule has 0 aromatic carbocycles. The molecule has 0 aliphatic heterocycles. The predicted molar refractivity (Wildman–Crippen MR) is 101 cm³/mol. The molecule has 0 bridgehead atoms. The first-order chi connectivity index (χ1) is 8.62. The highest BCUT2D eigenvalue weighted by Gasteiger charge is 2.39. The van der Waals surface area contributed by atoms with Crippen LogP contribution in [0.4, 0.5) is 0 Å². The standard InChI is InChI=1S/C13H37NO2Si4/c1-17(2,3)14-12-11-13-20(10,15-18(4,5)6)16-19(7,8)9/h14H,11-13H2,1-10H3. The summed E-state index contributed by atoms with van der Waals surface area (Å²) in [5.41, 5.74) is 0.